The minimum absolute atomic E-state index is 0.389. The second kappa shape index (κ2) is 6.21. The van der Waals surface area contributed by atoms with Crippen LogP contribution in [0, 0.1) is 5.92 Å². The molecule has 1 fully saturated rings. The number of hydrogen-bond acceptors (Lipinski definition) is 1. The number of benzene rings is 1. The lowest BCUT2D eigenvalue weighted by Gasteiger charge is -2.31. The van der Waals surface area contributed by atoms with E-state index in [1.54, 1.807) is 0 Å². The third kappa shape index (κ3) is 3.24. The van der Waals surface area contributed by atoms with Crippen LogP contribution in [0.25, 0.3) is 0 Å². The summed E-state index contributed by atoms with van der Waals surface area (Å²) in [6, 6.07) is 6.52. The number of hydrogen-bond donors (Lipinski definition) is 1. The average Bonchev–Trinajstić information content (AvgIpc) is 2.36. The van der Waals surface area contributed by atoms with Crippen LogP contribution in [0.1, 0.15) is 43.7 Å². The van der Waals surface area contributed by atoms with Gasteiger partial charge in [-0.3, -0.25) is 0 Å². The van der Waals surface area contributed by atoms with Gasteiger partial charge in [-0.25, -0.2) is 0 Å². The monoisotopic (exact) mass is 315 g/mol. The first kappa shape index (κ1) is 13.4. The van der Waals surface area contributed by atoms with Crippen LogP contribution in [-0.2, 0) is 0 Å². The van der Waals surface area contributed by atoms with Crippen molar-refractivity contribution in [2.75, 3.05) is 7.05 Å². The van der Waals surface area contributed by atoms with Crippen LogP contribution in [0.15, 0.2) is 22.7 Å². The lowest BCUT2D eigenvalue weighted by molar-refractivity contribution is 0.281. The first-order chi connectivity index (χ1) is 8.22. The maximum atomic E-state index is 6.33. The van der Waals surface area contributed by atoms with Gasteiger partial charge in [0.2, 0.25) is 0 Å². The van der Waals surface area contributed by atoms with Gasteiger partial charge in [0.25, 0.3) is 0 Å². The fourth-order valence-electron chi connectivity index (χ4n) is 2.87. The topological polar surface area (TPSA) is 12.0 Å². The molecule has 0 spiro atoms. The molecule has 17 heavy (non-hydrogen) atoms. The Balaban J connectivity index is 2.24. The average molecular weight is 317 g/mol. The molecule has 1 aliphatic carbocycles. The van der Waals surface area contributed by atoms with Crippen molar-refractivity contribution in [3.63, 3.8) is 0 Å². The maximum absolute atomic E-state index is 6.33. The third-order valence-corrected chi connectivity index (χ3v) is 4.56. The molecule has 1 aromatic rings. The minimum atomic E-state index is 0.389. The second-order valence-electron chi connectivity index (χ2n) is 4.83. The van der Waals surface area contributed by atoms with Gasteiger partial charge in [0.1, 0.15) is 0 Å². The molecule has 1 N–H and O–H groups in total. The summed E-state index contributed by atoms with van der Waals surface area (Å²) >= 11 is 9.86. The molecule has 1 atom stereocenters. The van der Waals surface area contributed by atoms with Gasteiger partial charge in [-0.1, -0.05) is 46.8 Å². The molecule has 0 saturated heterocycles. The van der Waals surface area contributed by atoms with E-state index in [0.717, 1.165) is 15.4 Å². The van der Waals surface area contributed by atoms with Gasteiger partial charge in [-0.15, -0.1) is 0 Å². The van der Waals surface area contributed by atoms with E-state index in [4.69, 9.17) is 11.6 Å². The quantitative estimate of drug-likeness (QED) is 0.832. The first-order valence-electron chi connectivity index (χ1n) is 6.34. The molecule has 0 aliphatic heterocycles. The van der Waals surface area contributed by atoms with Gasteiger partial charge in [0, 0.05) is 15.5 Å². The highest BCUT2D eigenvalue weighted by atomic mass is 79.9. The fourth-order valence-corrected chi connectivity index (χ4v) is 3.48. The van der Waals surface area contributed by atoms with E-state index in [0.29, 0.717) is 6.04 Å². The SMILES string of the molecule is CNC(c1cc(Br)ccc1Cl)C1CCCCC1. The zero-order chi connectivity index (χ0) is 12.3. The van der Waals surface area contributed by atoms with Crippen molar-refractivity contribution in [1.29, 1.82) is 0 Å². The van der Waals surface area contributed by atoms with E-state index in [-0.39, 0.29) is 0 Å². The van der Waals surface area contributed by atoms with E-state index < -0.39 is 0 Å². The molecule has 3 heteroatoms. The van der Waals surface area contributed by atoms with Gasteiger partial charge < -0.3 is 5.32 Å². The molecule has 94 valence electrons. The zero-order valence-corrected chi connectivity index (χ0v) is 12.5. The van der Waals surface area contributed by atoms with Gasteiger partial charge in [0.05, 0.1) is 0 Å². The molecular formula is C14H19BrClN. The van der Waals surface area contributed by atoms with E-state index in [2.05, 4.69) is 27.3 Å². The highest BCUT2D eigenvalue weighted by Gasteiger charge is 2.25. The van der Waals surface area contributed by atoms with Crippen molar-refractivity contribution < 1.29 is 0 Å². The van der Waals surface area contributed by atoms with Crippen LogP contribution in [0.3, 0.4) is 0 Å². The van der Waals surface area contributed by atoms with Crippen molar-refractivity contribution in [2.24, 2.45) is 5.92 Å². The summed E-state index contributed by atoms with van der Waals surface area (Å²) in [5, 5.41) is 4.32. The molecular weight excluding hydrogens is 298 g/mol. The highest BCUT2D eigenvalue weighted by Crippen LogP contribution is 2.37. The summed E-state index contributed by atoms with van der Waals surface area (Å²) in [5.74, 6) is 0.723. The Morgan fingerprint density at radius 1 is 1.29 bits per heavy atom. The Kier molecular flexibility index (Phi) is 4.89. The lowest BCUT2D eigenvalue weighted by atomic mass is 9.81. The summed E-state index contributed by atoms with van der Waals surface area (Å²) < 4.78 is 1.10. The second-order valence-corrected chi connectivity index (χ2v) is 6.15. The summed E-state index contributed by atoms with van der Waals surface area (Å²) in [6.45, 7) is 0. The van der Waals surface area contributed by atoms with Gasteiger partial charge in [-0.2, -0.15) is 0 Å². The molecule has 0 bridgehead atoms. The highest BCUT2D eigenvalue weighted by molar-refractivity contribution is 9.10. The van der Waals surface area contributed by atoms with Crippen LogP contribution < -0.4 is 5.32 Å². The summed E-state index contributed by atoms with van der Waals surface area (Å²) in [6.07, 6.45) is 6.73. The van der Waals surface area contributed by atoms with Crippen molar-refractivity contribution in [2.45, 2.75) is 38.1 Å². The Bertz CT molecular complexity index is 374. The normalized spacial score (nSPS) is 19.2. The predicted molar refractivity (Wildman–Crippen MR) is 77.5 cm³/mol. The predicted octanol–water partition coefficient (Wildman–Crippen LogP) is 4.94. The Hall–Kier alpha value is -0.0500. The smallest absolute Gasteiger partial charge is 0.0454 e. The van der Waals surface area contributed by atoms with Crippen LogP contribution >= 0.6 is 27.5 Å². The Morgan fingerprint density at radius 3 is 2.65 bits per heavy atom. The van der Waals surface area contributed by atoms with Gasteiger partial charge in [0.15, 0.2) is 0 Å². The van der Waals surface area contributed by atoms with E-state index in [1.807, 2.05) is 19.2 Å². The van der Waals surface area contributed by atoms with Crippen LogP contribution in [-0.4, -0.2) is 7.05 Å². The number of rotatable bonds is 3. The summed E-state index contributed by atoms with van der Waals surface area (Å²) in [5.41, 5.74) is 1.23. The van der Waals surface area contributed by atoms with Crippen molar-refractivity contribution in [3.8, 4) is 0 Å². The molecule has 0 amide bonds. The molecule has 0 heterocycles. The van der Waals surface area contributed by atoms with Crippen LogP contribution in [0.5, 0.6) is 0 Å². The standard InChI is InChI=1S/C14H19BrClN/c1-17-14(10-5-3-2-4-6-10)12-9-11(15)7-8-13(12)16/h7-10,14,17H,2-6H2,1H3. The van der Waals surface area contributed by atoms with E-state index in [9.17, 15) is 0 Å². The molecule has 1 nitrogen and oxygen atoms in total. The molecule has 0 radical (unpaired) electrons. The summed E-state index contributed by atoms with van der Waals surface area (Å²) in [7, 11) is 2.04. The van der Waals surface area contributed by atoms with E-state index >= 15 is 0 Å². The number of nitrogens with one attached hydrogen (secondary N) is 1. The van der Waals surface area contributed by atoms with Crippen molar-refractivity contribution in [1.82, 2.24) is 5.32 Å². The summed E-state index contributed by atoms with van der Waals surface area (Å²) in [4.78, 5) is 0. The first-order valence-corrected chi connectivity index (χ1v) is 7.51. The molecule has 1 aliphatic rings. The largest absolute Gasteiger partial charge is 0.313 e. The maximum Gasteiger partial charge on any atom is 0.0454 e. The van der Waals surface area contributed by atoms with Crippen LogP contribution in [0.2, 0.25) is 5.02 Å². The van der Waals surface area contributed by atoms with Crippen LogP contribution in [0.4, 0.5) is 0 Å². The van der Waals surface area contributed by atoms with Gasteiger partial charge >= 0.3 is 0 Å². The van der Waals surface area contributed by atoms with Crippen molar-refractivity contribution in [3.05, 3.63) is 33.3 Å². The molecule has 1 saturated carbocycles. The molecule has 2 rings (SSSR count). The lowest BCUT2D eigenvalue weighted by Crippen LogP contribution is -2.27. The van der Waals surface area contributed by atoms with E-state index in [1.165, 1.54) is 37.7 Å². The zero-order valence-electron chi connectivity index (χ0n) is 10.2. The molecule has 1 aromatic carbocycles. The minimum Gasteiger partial charge on any atom is -0.313 e. The van der Waals surface area contributed by atoms with Gasteiger partial charge in [-0.05, 0) is 49.6 Å². The molecule has 0 aromatic heterocycles. The molecule has 1 unspecified atom stereocenters. The third-order valence-electron chi connectivity index (χ3n) is 3.73. The Labute approximate surface area is 117 Å². The Morgan fingerprint density at radius 2 is 2.00 bits per heavy atom. The fraction of sp³-hybridized carbons (Fsp3) is 0.571. The van der Waals surface area contributed by atoms with Crippen molar-refractivity contribution >= 4 is 27.5 Å². The number of halogens is 2.